The van der Waals surface area contributed by atoms with E-state index in [2.05, 4.69) is 12.1 Å². The molecular formula is C16H17ClFN. The lowest BCUT2D eigenvalue weighted by atomic mass is 9.92. The second-order valence-electron chi connectivity index (χ2n) is 4.70. The molecule has 0 fully saturated rings. The van der Waals surface area contributed by atoms with Gasteiger partial charge in [-0.1, -0.05) is 48.0 Å². The summed E-state index contributed by atoms with van der Waals surface area (Å²) in [7, 11) is 0. The van der Waals surface area contributed by atoms with E-state index in [9.17, 15) is 4.39 Å². The summed E-state index contributed by atoms with van der Waals surface area (Å²) in [5.74, 6) is -0.0594. The normalized spacial score (nSPS) is 12.4. The van der Waals surface area contributed by atoms with Crippen LogP contribution in [0.15, 0.2) is 48.5 Å². The standard InChI is InChI=1S/C16H17ClFN/c17-15-7-4-8-16(18)14(15)10-13(11-19)9-12-5-2-1-3-6-12/h1-8,13H,9-11,19H2. The second kappa shape index (κ2) is 6.69. The van der Waals surface area contributed by atoms with E-state index in [0.717, 1.165) is 6.42 Å². The topological polar surface area (TPSA) is 26.0 Å². The van der Waals surface area contributed by atoms with Crippen LogP contribution in [0.4, 0.5) is 4.39 Å². The van der Waals surface area contributed by atoms with E-state index in [-0.39, 0.29) is 11.7 Å². The van der Waals surface area contributed by atoms with E-state index < -0.39 is 0 Å². The van der Waals surface area contributed by atoms with Crippen LogP contribution in [0.2, 0.25) is 5.02 Å². The van der Waals surface area contributed by atoms with Crippen molar-refractivity contribution in [3.63, 3.8) is 0 Å². The molecule has 3 heteroatoms. The third-order valence-corrected chi connectivity index (χ3v) is 3.61. The number of rotatable bonds is 5. The fourth-order valence-corrected chi connectivity index (χ4v) is 2.44. The van der Waals surface area contributed by atoms with Crippen LogP contribution in [0, 0.1) is 11.7 Å². The van der Waals surface area contributed by atoms with E-state index in [1.54, 1.807) is 12.1 Å². The molecule has 0 bridgehead atoms. The molecule has 0 aliphatic heterocycles. The molecule has 1 nitrogen and oxygen atoms in total. The maximum absolute atomic E-state index is 13.8. The first-order chi connectivity index (χ1) is 9.20. The first kappa shape index (κ1) is 14.0. The third kappa shape index (κ3) is 3.79. The summed E-state index contributed by atoms with van der Waals surface area (Å²) in [5, 5.41) is 0.478. The highest BCUT2D eigenvalue weighted by atomic mass is 35.5. The van der Waals surface area contributed by atoms with E-state index in [1.165, 1.54) is 11.6 Å². The monoisotopic (exact) mass is 277 g/mol. The molecule has 2 N–H and O–H groups in total. The molecule has 2 rings (SSSR count). The fraction of sp³-hybridized carbons (Fsp3) is 0.250. The largest absolute Gasteiger partial charge is 0.330 e. The van der Waals surface area contributed by atoms with Gasteiger partial charge in [-0.3, -0.25) is 0 Å². The Morgan fingerprint density at radius 3 is 2.37 bits per heavy atom. The zero-order chi connectivity index (χ0) is 13.7. The molecule has 0 aliphatic rings. The molecule has 0 aliphatic carbocycles. The Bertz CT molecular complexity index is 507. The molecular weight excluding hydrogens is 261 g/mol. The molecule has 0 saturated heterocycles. The Kier molecular flexibility index (Phi) is 4.94. The average molecular weight is 278 g/mol. The maximum atomic E-state index is 13.8. The van der Waals surface area contributed by atoms with Gasteiger partial charge in [0.05, 0.1) is 0 Å². The van der Waals surface area contributed by atoms with Gasteiger partial charge in [-0.05, 0) is 43.0 Å². The molecule has 2 aromatic rings. The first-order valence-electron chi connectivity index (χ1n) is 6.37. The van der Waals surface area contributed by atoms with Crippen molar-refractivity contribution >= 4 is 11.6 Å². The highest BCUT2D eigenvalue weighted by Gasteiger charge is 2.14. The number of hydrogen-bond acceptors (Lipinski definition) is 1. The molecule has 0 amide bonds. The number of benzene rings is 2. The van der Waals surface area contributed by atoms with Gasteiger partial charge < -0.3 is 5.73 Å². The SMILES string of the molecule is NCC(Cc1ccccc1)Cc1c(F)cccc1Cl. The maximum Gasteiger partial charge on any atom is 0.127 e. The Morgan fingerprint density at radius 1 is 1.00 bits per heavy atom. The smallest absolute Gasteiger partial charge is 0.127 e. The Hall–Kier alpha value is -1.38. The molecule has 0 saturated carbocycles. The lowest BCUT2D eigenvalue weighted by Crippen LogP contribution is -2.20. The van der Waals surface area contributed by atoms with E-state index in [0.29, 0.717) is 23.6 Å². The zero-order valence-corrected chi connectivity index (χ0v) is 11.4. The summed E-state index contributed by atoms with van der Waals surface area (Å²) < 4.78 is 13.8. The van der Waals surface area contributed by atoms with Crippen molar-refractivity contribution in [1.29, 1.82) is 0 Å². The number of hydrogen-bond donors (Lipinski definition) is 1. The summed E-state index contributed by atoms with van der Waals surface area (Å²) in [5.41, 5.74) is 7.58. The van der Waals surface area contributed by atoms with Crippen LogP contribution in [0.1, 0.15) is 11.1 Å². The van der Waals surface area contributed by atoms with E-state index >= 15 is 0 Å². The summed E-state index contributed by atoms with van der Waals surface area (Å²) in [6.45, 7) is 0.513. The fourth-order valence-electron chi connectivity index (χ4n) is 2.20. The Morgan fingerprint density at radius 2 is 1.74 bits per heavy atom. The minimum Gasteiger partial charge on any atom is -0.330 e. The average Bonchev–Trinajstić information content (AvgIpc) is 2.43. The predicted octanol–water partition coefficient (Wildman–Crippen LogP) is 3.84. The lowest BCUT2D eigenvalue weighted by Gasteiger charge is -2.16. The van der Waals surface area contributed by atoms with Gasteiger partial charge in [0.2, 0.25) is 0 Å². The molecule has 100 valence electrons. The predicted molar refractivity (Wildman–Crippen MR) is 77.8 cm³/mol. The van der Waals surface area contributed by atoms with E-state index in [1.807, 2.05) is 18.2 Å². The summed E-state index contributed by atoms with van der Waals surface area (Å²) in [4.78, 5) is 0. The highest BCUT2D eigenvalue weighted by Crippen LogP contribution is 2.23. The zero-order valence-electron chi connectivity index (χ0n) is 10.7. The van der Waals surface area contributed by atoms with Crippen molar-refractivity contribution in [1.82, 2.24) is 0 Å². The molecule has 0 spiro atoms. The van der Waals surface area contributed by atoms with Crippen molar-refractivity contribution in [2.75, 3.05) is 6.54 Å². The van der Waals surface area contributed by atoms with Gasteiger partial charge >= 0.3 is 0 Å². The van der Waals surface area contributed by atoms with Gasteiger partial charge in [0, 0.05) is 10.6 Å². The van der Waals surface area contributed by atoms with Gasteiger partial charge in [0.25, 0.3) is 0 Å². The van der Waals surface area contributed by atoms with E-state index in [4.69, 9.17) is 17.3 Å². The van der Waals surface area contributed by atoms with Gasteiger partial charge in [-0.25, -0.2) is 4.39 Å². The van der Waals surface area contributed by atoms with Gasteiger partial charge in [-0.15, -0.1) is 0 Å². The van der Waals surface area contributed by atoms with Gasteiger partial charge in [0.15, 0.2) is 0 Å². The molecule has 1 atom stereocenters. The number of halogens is 2. The quantitative estimate of drug-likeness (QED) is 0.883. The molecule has 0 aromatic heterocycles. The summed E-state index contributed by atoms with van der Waals surface area (Å²) >= 11 is 6.05. The first-order valence-corrected chi connectivity index (χ1v) is 6.75. The van der Waals surface area contributed by atoms with Gasteiger partial charge in [-0.2, -0.15) is 0 Å². The highest BCUT2D eigenvalue weighted by molar-refractivity contribution is 6.31. The van der Waals surface area contributed by atoms with Crippen LogP contribution in [0.5, 0.6) is 0 Å². The summed E-state index contributed by atoms with van der Waals surface area (Å²) in [6.07, 6.45) is 1.40. The minimum absolute atomic E-state index is 0.191. The Labute approximate surface area is 118 Å². The van der Waals surface area contributed by atoms with Crippen molar-refractivity contribution in [3.05, 3.63) is 70.5 Å². The van der Waals surface area contributed by atoms with Crippen LogP contribution in [-0.4, -0.2) is 6.54 Å². The van der Waals surface area contributed by atoms with Crippen LogP contribution in [0.25, 0.3) is 0 Å². The molecule has 0 heterocycles. The van der Waals surface area contributed by atoms with Crippen molar-refractivity contribution in [2.45, 2.75) is 12.8 Å². The molecule has 2 aromatic carbocycles. The van der Waals surface area contributed by atoms with Crippen molar-refractivity contribution in [2.24, 2.45) is 11.7 Å². The third-order valence-electron chi connectivity index (χ3n) is 3.26. The van der Waals surface area contributed by atoms with Crippen LogP contribution < -0.4 is 5.73 Å². The second-order valence-corrected chi connectivity index (χ2v) is 5.10. The molecule has 1 unspecified atom stereocenters. The minimum atomic E-state index is -0.251. The molecule has 19 heavy (non-hydrogen) atoms. The van der Waals surface area contributed by atoms with Gasteiger partial charge in [0.1, 0.15) is 5.82 Å². The van der Waals surface area contributed by atoms with Crippen LogP contribution >= 0.6 is 11.6 Å². The van der Waals surface area contributed by atoms with Crippen molar-refractivity contribution in [3.8, 4) is 0 Å². The Balaban J connectivity index is 2.11. The van der Waals surface area contributed by atoms with Crippen LogP contribution in [-0.2, 0) is 12.8 Å². The van der Waals surface area contributed by atoms with Crippen molar-refractivity contribution < 1.29 is 4.39 Å². The lowest BCUT2D eigenvalue weighted by molar-refractivity contribution is 0.512. The summed E-state index contributed by atoms with van der Waals surface area (Å²) in [6, 6.07) is 14.9. The number of nitrogens with two attached hydrogens (primary N) is 1. The van der Waals surface area contributed by atoms with Crippen LogP contribution in [0.3, 0.4) is 0 Å². The molecule has 0 radical (unpaired) electrons.